The van der Waals surface area contributed by atoms with E-state index in [0.717, 1.165) is 53.3 Å². The average Bonchev–Trinajstić information content (AvgIpc) is 3.86. The summed E-state index contributed by atoms with van der Waals surface area (Å²) in [5.74, 6) is 1.71. The lowest BCUT2D eigenvalue weighted by molar-refractivity contribution is 0.0441. The maximum atomic E-state index is 12.7. The van der Waals surface area contributed by atoms with Crippen molar-refractivity contribution in [2.45, 2.75) is 101 Å². The van der Waals surface area contributed by atoms with E-state index >= 15 is 0 Å². The molecule has 0 spiro atoms. The van der Waals surface area contributed by atoms with Crippen LogP contribution in [0.2, 0.25) is 10.0 Å². The summed E-state index contributed by atoms with van der Waals surface area (Å²) in [6.07, 6.45) is 5.70. The topological polar surface area (TPSA) is 136 Å². The summed E-state index contributed by atoms with van der Waals surface area (Å²) >= 11 is 14.6. The molecule has 0 unspecified atom stereocenters. The number of sulfonamides is 1. The Labute approximate surface area is 299 Å². The van der Waals surface area contributed by atoms with Crippen LogP contribution in [0.5, 0.6) is 5.75 Å². The van der Waals surface area contributed by atoms with Gasteiger partial charge in [-0.25, -0.2) is 22.9 Å². The number of carbonyl (C=O) groups excluding carboxylic acids is 1. The Balaban J connectivity index is 1.05. The highest BCUT2D eigenvalue weighted by atomic mass is 35.5. The van der Waals surface area contributed by atoms with Crippen LogP contribution in [-0.4, -0.2) is 54.6 Å². The van der Waals surface area contributed by atoms with Gasteiger partial charge in [0, 0.05) is 41.9 Å². The monoisotopic (exact) mass is 747 g/mol. The lowest BCUT2D eigenvalue weighted by Gasteiger charge is -2.24. The first-order valence-electron chi connectivity index (χ1n) is 16.5. The molecule has 2 heterocycles. The van der Waals surface area contributed by atoms with Crippen molar-refractivity contribution in [2.75, 3.05) is 17.3 Å². The zero-order chi connectivity index (χ0) is 34.7. The number of halogens is 2. The second-order valence-corrected chi connectivity index (χ2v) is 17.8. The number of carbonyl (C=O) groups is 1. The van der Waals surface area contributed by atoms with Gasteiger partial charge in [-0.05, 0) is 83.9 Å². The van der Waals surface area contributed by atoms with Crippen molar-refractivity contribution < 1.29 is 27.2 Å². The maximum absolute atomic E-state index is 12.7. The number of fused-ring (bicyclic) bond motifs is 1. The molecule has 3 fully saturated rings. The molecule has 4 aromatic rings. The molecule has 2 amide bonds. The van der Waals surface area contributed by atoms with E-state index in [4.69, 9.17) is 42.2 Å². The largest absolute Gasteiger partial charge is 0.489 e. The van der Waals surface area contributed by atoms with Crippen LogP contribution in [-0.2, 0) is 21.4 Å². The van der Waals surface area contributed by atoms with Gasteiger partial charge in [0.25, 0.3) is 0 Å². The minimum Gasteiger partial charge on any atom is -0.489 e. The van der Waals surface area contributed by atoms with Crippen LogP contribution in [0.3, 0.4) is 0 Å². The fourth-order valence-electron chi connectivity index (χ4n) is 6.23. The molecule has 7 rings (SSSR count). The highest BCUT2D eigenvalue weighted by Gasteiger charge is 2.51. The summed E-state index contributed by atoms with van der Waals surface area (Å²) in [6, 6.07) is 8.27. The van der Waals surface area contributed by atoms with Gasteiger partial charge in [0.1, 0.15) is 22.7 Å². The number of benzene rings is 2. The van der Waals surface area contributed by atoms with Crippen LogP contribution < -0.4 is 19.7 Å². The number of rotatable bonds is 12. The molecule has 3 aliphatic rings. The fourth-order valence-corrected chi connectivity index (χ4v) is 9.04. The van der Waals surface area contributed by atoms with Crippen molar-refractivity contribution >= 4 is 71.6 Å². The summed E-state index contributed by atoms with van der Waals surface area (Å²) < 4.78 is 45.6. The predicted molar refractivity (Wildman–Crippen MR) is 193 cm³/mol. The Morgan fingerprint density at radius 3 is 2.57 bits per heavy atom. The molecule has 2 aromatic heterocycles. The second kappa shape index (κ2) is 13.2. The summed E-state index contributed by atoms with van der Waals surface area (Å²) in [7, 11) is -1.74. The third kappa shape index (κ3) is 7.10. The van der Waals surface area contributed by atoms with E-state index in [-0.39, 0.29) is 18.2 Å². The zero-order valence-corrected chi connectivity index (χ0v) is 30.9. The van der Waals surface area contributed by atoms with Crippen molar-refractivity contribution in [1.29, 1.82) is 0 Å². The number of urea groups is 1. The molecule has 262 valence electrons. The maximum Gasteiger partial charge on any atom is 0.332 e. The van der Waals surface area contributed by atoms with Crippen LogP contribution in [0, 0.1) is 0 Å². The average molecular weight is 749 g/mol. The number of nitrogens with one attached hydrogen (secondary N) is 2. The molecule has 0 aliphatic heterocycles. The van der Waals surface area contributed by atoms with Gasteiger partial charge in [-0.15, -0.1) is 0 Å². The molecule has 3 saturated carbocycles. The Bertz CT molecular complexity index is 1990. The molecule has 0 bridgehead atoms. The van der Waals surface area contributed by atoms with Gasteiger partial charge >= 0.3 is 6.03 Å². The Morgan fingerprint density at radius 1 is 1.16 bits per heavy atom. The first-order valence-corrected chi connectivity index (χ1v) is 19.6. The summed E-state index contributed by atoms with van der Waals surface area (Å²) in [4.78, 5) is 19.8. The summed E-state index contributed by atoms with van der Waals surface area (Å²) in [5, 5.41) is 8.92. The Kier molecular flexibility index (Phi) is 9.27. The SMILES string of the molecule is CC(C)Oc1cc(NC(=O)NS(=O)(=O)C2(C)CC2)cc2sc(N(C)[C@@H]3CC[C@H](OCc4c(-c5c(Cl)cccc5Cl)noc4C4CC4)C3)nc12. The van der Waals surface area contributed by atoms with Gasteiger partial charge in [-0.2, -0.15) is 0 Å². The van der Waals surface area contributed by atoms with E-state index in [1.807, 2.05) is 27.0 Å². The van der Waals surface area contributed by atoms with Gasteiger partial charge < -0.3 is 24.2 Å². The molecular weight excluding hydrogens is 709 g/mol. The molecule has 0 saturated heterocycles. The standard InChI is InChI=1S/C34H39Cl2N5O6S2/c1-18(2)46-26-14-20(37-32(42)40-49(43,44)34(3)12-13-34)15-27-30(26)38-33(48-27)41(4)21-10-11-22(16-21)45-17-23-29(39-47-31(23)19-8-9-19)28-24(35)6-5-7-25(28)36/h5-7,14-15,18-19,21-22H,8-13,16-17H2,1-4H3,(H2,37,40,42)/t21-,22+/m1/s1. The third-order valence-corrected chi connectivity index (χ3v) is 13.4. The minimum absolute atomic E-state index is 0.0293. The normalized spacial score (nSPS) is 20.1. The lowest BCUT2D eigenvalue weighted by atomic mass is 10.0. The van der Waals surface area contributed by atoms with Crippen LogP contribution in [0.25, 0.3) is 21.5 Å². The van der Waals surface area contributed by atoms with E-state index in [2.05, 4.69) is 20.1 Å². The van der Waals surface area contributed by atoms with E-state index < -0.39 is 20.8 Å². The molecular formula is C34H39Cl2N5O6S2. The van der Waals surface area contributed by atoms with E-state index in [9.17, 15) is 13.2 Å². The highest BCUT2D eigenvalue weighted by molar-refractivity contribution is 7.91. The fraction of sp³-hybridized carbons (Fsp3) is 0.500. The van der Waals surface area contributed by atoms with E-state index in [1.54, 1.807) is 31.2 Å². The molecule has 49 heavy (non-hydrogen) atoms. The number of anilines is 2. The molecule has 15 heteroatoms. The van der Waals surface area contributed by atoms with Gasteiger partial charge in [0.2, 0.25) is 10.0 Å². The van der Waals surface area contributed by atoms with Crippen molar-refractivity contribution in [3.8, 4) is 17.0 Å². The molecule has 3 aliphatic carbocycles. The number of aromatic nitrogens is 2. The van der Waals surface area contributed by atoms with Crippen LogP contribution >= 0.6 is 34.5 Å². The zero-order valence-electron chi connectivity index (χ0n) is 27.7. The summed E-state index contributed by atoms with van der Waals surface area (Å²) in [6.45, 7) is 5.82. The number of hydrogen-bond donors (Lipinski definition) is 2. The number of hydrogen-bond acceptors (Lipinski definition) is 10. The minimum atomic E-state index is -3.78. The first kappa shape index (κ1) is 34.4. The van der Waals surface area contributed by atoms with Gasteiger partial charge in [0.15, 0.2) is 5.13 Å². The van der Waals surface area contributed by atoms with Crippen molar-refractivity contribution in [3.05, 3.63) is 51.7 Å². The third-order valence-electron chi connectivity index (χ3n) is 9.54. The molecule has 11 nitrogen and oxygen atoms in total. The Hall–Kier alpha value is -3.10. The van der Waals surface area contributed by atoms with E-state index in [0.29, 0.717) is 63.6 Å². The van der Waals surface area contributed by atoms with Crippen molar-refractivity contribution in [1.82, 2.24) is 14.9 Å². The molecule has 0 radical (unpaired) electrons. The van der Waals surface area contributed by atoms with Crippen LogP contribution in [0.1, 0.15) is 83.0 Å². The Morgan fingerprint density at radius 2 is 1.90 bits per heavy atom. The number of nitrogens with zero attached hydrogens (tertiary/aromatic N) is 3. The number of ether oxygens (including phenoxy) is 2. The van der Waals surface area contributed by atoms with Gasteiger partial charge in [0.05, 0.1) is 38.3 Å². The van der Waals surface area contributed by atoms with Crippen molar-refractivity contribution in [3.63, 3.8) is 0 Å². The molecule has 2 N–H and O–H groups in total. The quantitative estimate of drug-likeness (QED) is 0.146. The van der Waals surface area contributed by atoms with Crippen LogP contribution in [0.15, 0.2) is 34.9 Å². The molecule has 2 atom stereocenters. The molecule has 2 aromatic carbocycles. The van der Waals surface area contributed by atoms with E-state index in [1.165, 1.54) is 11.3 Å². The first-order chi connectivity index (χ1) is 23.3. The van der Waals surface area contributed by atoms with Crippen LogP contribution in [0.4, 0.5) is 15.6 Å². The second-order valence-electron chi connectivity index (χ2n) is 13.7. The predicted octanol–water partition coefficient (Wildman–Crippen LogP) is 8.50. The van der Waals surface area contributed by atoms with Gasteiger partial charge in [-0.3, -0.25) is 0 Å². The van der Waals surface area contributed by atoms with Gasteiger partial charge in [-0.1, -0.05) is 45.8 Å². The number of amides is 2. The highest BCUT2D eigenvalue weighted by Crippen LogP contribution is 2.47. The lowest BCUT2D eigenvalue weighted by Crippen LogP contribution is -2.40. The smallest absolute Gasteiger partial charge is 0.332 e. The summed E-state index contributed by atoms with van der Waals surface area (Å²) in [5.41, 5.74) is 3.32. The number of thiazole rings is 1. The van der Waals surface area contributed by atoms with Crippen molar-refractivity contribution in [2.24, 2.45) is 0 Å².